The Hall–Kier alpha value is -1.88. The van der Waals surface area contributed by atoms with Gasteiger partial charge in [0.1, 0.15) is 0 Å². The molecular weight excluding hydrogens is 266 g/mol. The van der Waals surface area contributed by atoms with E-state index in [4.69, 9.17) is 5.73 Å². The fraction of sp³-hybridized carbons (Fsp3) is 0.500. The molecule has 0 saturated carbocycles. The van der Waals surface area contributed by atoms with Gasteiger partial charge in [-0.2, -0.15) is 0 Å². The highest BCUT2D eigenvalue weighted by Crippen LogP contribution is 2.22. The lowest BCUT2D eigenvalue weighted by Crippen LogP contribution is -2.42. The summed E-state index contributed by atoms with van der Waals surface area (Å²) in [6, 6.07) is 5.92. The fourth-order valence-corrected chi connectivity index (χ4v) is 2.69. The lowest BCUT2D eigenvalue weighted by atomic mass is 9.95. The van der Waals surface area contributed by atoms with Crippen molar-refractivity contribution >= 4 is 17.5 Å². The first-order valence-corrected chi connectivity index (χ1v) is 7.35. The van der Waals surface area contributed by atoms with Crippen LogP contribution in [0.15, 0.2) is 18.2 Å². The van der Waals surface area contributed by atoms with Gasteiger partial charge in [-0.25, -0.2) is 0 Å². The molecule has 0 unspecified atom stereocenters. The number of piperidine rings is 1. The standard InChI is InChI=1S/C16H23N3O2/c1-11-4-3-5-14(12(11)2)18-16(21)13-6-8-19(9-7-13)10-15(17)20/h3-5,13H,6-10H2,1-2H3,(H2,17,20)(H,18,21). The van der Waals surface area contributed by atoms with Crippen LogP contribution < -0.4 is 11.1 Å². The molecule has 0 bridgehead atoms. The second-order valence-corrected chi connectivity index (χ2v) is 5.75. The summed E-state index contributed by atoms with van der Waals surface area (Å²) >= 11 is 0. The molecule has 2 amide bonds. The van der Waals surface area contributed by atoms with E-state index in [1.54, 1.807) is 0 Å². The average molecular weight is 289 g/mol. The van der Waals surface area contributed by atoms with Crippen molar-refractivity contribution in [3.63, 3.8) is 0 Å². The summed E-state index contributed by atoms with van der Waals surface area (Å²) in [6.07, 6.45) is 1.54. The summed E-state index contributed by atoms with van der Waals surface area (Å²) in [6.45, 7) is 5.82. The smallest absolute Gasteiger partial charge is 0.231 e. The number of anilines is 1. The number of rotatable bonds is 4. The van der Waals surface area contributed by atoms with E-state index in [9.17, 15) is 9.59 Å². The number of nitrogens with zero attached hydrogens (tertiary/aromatic N) is 1. The van der Waals surface area contributed by atoms with Crippen molar-refractivity contribution in [2.75, 3.05) is 25.0 Å². The molecule has 114 valence electrons. The zero-order valence-electron chi connectivity index (χ0n) is 12.7. The number of carbonyl (C=O) groups is 2. The Bertz CT molecular complexity index is 534. The van der Waals surface area contributed by atoms with Crippen LogP contribution in [0.25, 0.3) is 0 Å². The second kappa shape index (κ2) is 6.72. The van der Waals surface area contributed by atoms with Crippen LogP contribution in [-0.4, -0.2) is 36.3 Å². The van der Waals surface area contributed by atoms with Crippen LogP contribution in [0.1, 0.15) is 24.0 Å². The second-order valence-electron chi connectivity index (χ2n) is 5.75. The topological polar surface area (TPSA) is 75.4 Å². The van der Waals surface area contributed by atoms with Crippen LogP contribution >= 0.6 is 0 Å². The summed E-state index contributed by atoms with van der Waals surface area (Å²) in [4.78, 5) is 25.2. The van der Waals surface area contributed by atoms with Crippen molar-refractivity contribution in [2.45, 2.75) is 26.7 Å². The lowest BCUT2D eigenvalue weighted by molar-refractivity contribution is -0.122. The Labute approximate surface area is 125 Å². The van der Waals surface area contributed by atoms with E-state index in [1.807, 2.05) is 36.9 Å². The summed E-state index contributed by atoms with van der Waals surface area (Å²) in [5.41, 5.74) is 8.36. The van der Waals surface area contributed by atoms with Crippen molar-refractivity contribution in [1.82, 2.24) is 4.90 Å². The molecule has 0 aromatic heterocycles. The van der Waals surface area contributed by atoms with Gasteiger partial charge in [-0.1, -0.05) is 12.1 Å². The van der Waals surface area contributed by atoms with Crippen LogP contribution in [0.2, 0.25) is 0 Å². The van der Waals surface area contributed by atoms with Crippen molar-refractivity contribution in [1.29, 1.82) is 0 Å². The number of aryl methyl sites for hydroxylation is 1. The van der Waals surface area contributed by atoms with Crippen molar-refractivity contribution in [3.05, 3.63) is 29.3 Å². The monoisotopic (exact) mass is 289 g/mol. The number of hydrogen-bond acceptors (Lipinski definition) is 3. The number of primary amides is 1. The molecule has 1 aliphatic rings. The molecule has 5 nitrogen and oxygen atoms in total. The first-order valence-electron chi connectivity index (χ1n) is 7.35. The van der Waals surface area contributed by atoms with Gasteiger partial charge in [-0.05, 0) is 57.0 Å². The molecule has 1 saturated heterocycles. The first-order chi connectivity index (χ1) is 9.97. The van der Waals surface area contributed by atoms with E-state index < -0.39 is 0 Å². The van der Waals surface area contributed by atoms with Crippen LogP contribution in [0.4, 0.5) is 5.69 Å². The molecule has 21 heavy (non-hydrogen) atoms. The lowest BCUT2D eigenvalue weighted by Gasteiger charge is -2.30. The molecule has 0 radical (unpaired) electrons. The van der Waals surface area contributed by atoms with E-state index in [-0.39, 0.29) is 24.3 Å². The van der Waals surface area contributed by atoms with Gasteiger partial charge >= 0.3 is 0 Å². The first kappa shape index (κ1) is 15.5. The minimum atomic E-state index is -0.312. The molecule has 0 aliphatic carbocycles. The Morgan fingerprint density at radius 1 is 1.29 bits per heavy atom. The highest BCUT2D eigenvalue weighted by Gasteiger charge is 2.25. The molecule has 1 heterocycles. The van der Waals surface area contributed by atoms with Crippen molar-refractivity contribution in [2.24, 2.45) is 11.7 Å². The van der Waals surface area contributed by atoms with Gasteiger partial charge in [-0.15, -0.1) is 0 Å². The third kappa shape index (κ3) is 4.04. The van der Waals surface area contributed by atoms with Gasteiger partial charge in [0.15, 0.2) is 0 Å². The Morgan fingerprint density at radius 3 is 2.57 bits per heavy atom. The number of nitrogens with two attached hydrogens (primary N) is 1. The number of benzene rings is 1. The molecule has 2 rings (SSSR count). The minimum Gasteiger partial charge on any atom is -0.369 e. The van der Waals surface area contributed by atoms with Gasteiger partial charge in [0, 0.05) is 11.6 Å². The van der Waals surface area contributed by atoms with E-state index in [0.717, 1.165) is 37.2 Å². The van der Waals surface area contributed by atoms with Gasteiger partial charge in [-0.3, -0.25) is 14.5 Å². The van der Waals surface area contributed by atoms with E-state index in [2.05, 4.69) is 5.32 Å². The average Bonchev–Trinajstić information content (AvgIpc) is 2.44. The molecular formula is C16H23N3O2. The van der Waals surface area contributed by atoms with Gasteiger partial charge in [0.25, 0.3) is 0 Å². The molecule has 3 N–H and O–H groups in total. The van der Waals surface area contributed by atoms with Crippen LogP contribution in [0.5, 0.6) is 0 Å². The Balaban J connectivity index is 1.90. The highest BCUT2D eigenvalue weighted by molar-refractivity contribution is 5.93. The Morgan fingerprint density at radius 2 is 1.95 bits per heavy atom. The number of likely N-dealkylation sites (tertiary alicyclic amines) is 1. The molecule has 1 aromatic rings. The third-order valence-corrected chi connectivity index (χ3v) is 4.20. The molecule has 1 aromatic carbocycles. The number of nitrogens with one attached hydrogen (secondary N) is 1. The van der Waals surface area contributed by atoms with Crippen LogP contribution in [0, 0.1) is 19.8 Å². The summed E-state index contributed by atoms with van der Waals surface area (Å²) < 4.78 is 0. The maximum absolute atomic E-state index is 12.3. The van der Waals surface area contributed by atoms with Crippen molar-refractivity contribution in [3.8, 4) is 0 Å². The normalized spacial score (nSPS) is 16.7. The maximum Gasteiger partial charge on any atom is 0.231 e. The highest BCUT2D eigenvalue weighted by atomic mass is 16.2. The SMILES string of the molecule is Cc1cccc(NC(=O)C2CCN(CC(N)=O)CC2)c1C. The van der Waals surface area contributed by atoms with Gasteiger partial charge in [0.2, 0.25) is 11.8 Å². The summed E-state index contributed by atoms with van der Waals surface area (Å²) in [5, 5.41) is 3.03. The van der Waals surface area contributed by atoms with Crippen molar-refractivity contribution < 1.29 is 9.59 Å². The van der Waals surface area contributed by atoms with Crippen LogP contribution in [-0.2, 0) is 9.59 Å². The number of hydrogen-bond donors (Lipinski definition) is 2. The van der Waals surface area contributed by atoms with Crippen LogP contribution in [0.3, 0.4) is 0 Å². The molecule has 5 heteroatoms. The maximum atomic E-state index is 12.3. The van der Waals surface area contributed by atoms with E-state index in [1.165, 1.54) is 5.56 Å². The summed E-state index contributed by atoms with van der Waals surface area (Å²) in [7, 11) is 0. The van der Waals surface area contributed by atoms with E-state index >= 15 is 0 Å². The molecule has 1 aliphatic heterocycles. The fourth-order valence-electron chi connectivity index (χ4n) is 2.69. The molecule has 1 fully saturated rings. The van der Waals surface area contributed by atoms with Gasteiger partial charge in [0.05, 0.1) is 6.54 Å². The van der Waals surface area contributed by atoms with E-state index in [0.29, 0.717) is 0 Å². The number of amides is 2. The third-order valence-electron chi connectivity index (χ3n) is 4.20. The zero-order chi connectivity index (χ0) is 15.4. The Kier molecular flexibility index (Phi) is 4.96. The quantitative estimate of drug-likeness (QED) is 0.880. The minimum absolute atomic E-state index is 0.00837. The predicted octanol–water partition coefficient (Wildman–Crippen LogP) is 1.44. The number of carbonyl (C=O) groups excluding carboxylic acids is 2. The zero-order valence-corrected chi connectivity index (χ0v) is 12.7. The summed E-state index contributed by atoms with van der Waals surface area (Å²) in [5.74, 6) is -0.232. The molecule has 0 atom stereocenters. The van der Waals surface area contributed by atoms with Gasteiger partial charge < -0.3 is 11.1 Å². The molecule has 0 spiro atoms. The predicted molar refractivity (Wildman–Crippen MR) is 82.9 cm³/mol. The largest absolute Gasteiger partial charge is 0.369 e.